The number of amides is 1. The summed E-state index contributed by atoms with van der Waals surface area (Å²) in [6.07, 6.45) is 0.884. The number of hydrogen-bond donors (Lipinski definition) is 1. The van der Waals surface area contributed by atoms with Crippen LogP contribution < -0.4 is 5.32 Å². The third-order valence-electron chi connectivity index (χ3n) is 4.93. The molecule has 0 radical (unpaired) electrons. The predicted molar refractivity (Wildman–Crippen MR) is 133 cm³/mol. The van der Waals surface area contributed by atoms with Gasteiger partial charge in [0.1, 0.15) is 5.03 Å². The van der Waals surface area contributed by atoms with Gasteiger partial charge in [-0.15, -0.1) is 0 Å². The summed E-state index contributed by atoms with van der Waals surface area (Å²) in [5.41, 5.74) is 4.98. The number of aryl methyl sites for hydroxylation is 2. The van der Waals surface area contributed by atoms with Gasteiger partial charge in [0, 0.05) is 15.4 Å². The van der Waals surface area contributed by atoms with Crippen molar-refractivity contribution in [3.63, 3.8) is 0 Å². The molecular formula is C25H22BrN3OS. The average Bonchev–Trinajstić information content (AvgIpc) is 2.79. The third kappa shape index (κ3) is 4.97. The van der Waals surface area contributed by atoms with Gasteiger partial charge in [0.15, 0.2) is 5.82 Å². The van der Waals surface area contributed by atoms with E-state index in [1.54, 1.807) is 0 Å². The normalized spacial score (nSPS) is 10.9. The SMILES string of the molecule is CCc1cccc2c(SCC(=O)Nc3ccc(C)cc3Br)nc(-c3ccccc3)nc12. The van der Waals surface area contributed by atoms with Gasteiger partial charge in [-0.25, -0.2) is 9.97 Å². The maximum Gasteiger partial charge on any atom is 0.234 e. The molecule has 156 valence electrons. The number of halogens is 1. The van der Waals surface area contributed by atoms with Gasteiger partial charge in [-0.2, -0.15) is 0 Å². The summed E-state index contributed by atoms with van der Waals surface area (Å²) in [4.78, 5) is 22.3. The van der Waals surface area contributed by atoms with Gasteiger partial charge in [0.25, 0.3) is 0 Å². The van der Waals surface area contributed by atoms with Crippen LogP contribution in [0.2, 0.25) is 0 Å². The van der Waals surface area contributed by atoms with Crippen LogP contribution in [0.25, 0.3) is 22.3 Å². The topological polar surface area (TPSA) is 54.9 Å². The van der Waals surface area contributed by atoms with Gasteiger partial charge in [0.05, 0.1) is 17.0 Å². The Morgan fingerprint density at radius 3 is 2.58 bits per heavy atom. The van der Waals surface area contributed by atoms with Crippen LogP contribution in [0, 0.1) is 6.92 Å². The number of benzene rings is 3. The maximum atomic E-state index is 12.6. The molecule has 4 aromatic rings. The van der Waals surface area contributed by atoms with Crippen LogP contribution in [0.1, 0.15) is 18.1 Å². The van der Waals surface area contributed by atoms with Crippen LogP contribution in [-0.2, 0) is 11.2 Å². The summed E-state index contributed by atoms with van der Waals surface area (Å²) in [6.45, 7) is 4.14. The molecule has 1 N–H and O–H groups in total. The number of anilines is 1. The van der Waals surface area contributed by atoms with E-state index in [4.69, 9.17) is 9.97 Å². The molecule has 0 saturated heterocycles. The van der Waals surface area contributed by atoms with Gasteiger partial charge < -0.3 is 5.32 Å². The molecule has 0 fully saturated rings. The number of carbonyl (C=O) groups excluding carboxylic acids is 1. The molecule has 0 aliphatic heterocycles. The maximum absolute atomic E-state index is 12.6. The quantitative estimate of drug-likeness (QED) is 0.242. The highest BCUT2D eigenvalue weighted by Crippen LogP contribution is 2.31. The molecule has 0 saturated carbocycles. The molecule has 4 rings (SSSR count). The molecule has 3 aromatic carbocycles. The second-order valence-corrected chi connectivity index (χ2v) is 9.02. The van der Waals surface area contributed by atoms with Crippen molar-refractivity contribution in [1.29, 1.82) is 0 Å². The minimum atomic E-state index is -0.0748. The Labute approximate surface area is 194 Å². The highest BCUT2D eigenvalue weighted by atomic mass is 79.9. The van der Waals surface area contributed by atoms with Crippen molar-refractivity contribution in [2.45, 2.75) is 25.3 Å². The molecule has 0 atom stereocenters. The fourth-order valence-corrected chi connectivity index (χ4v) is 4.74. The first-order valence-corrected chi connectivity index (χ1v) is 11.9. The van der Waals surface area contributed by atoms with E-state index in [9.17, 15) is 4.79 Å². The Hall–Kier alpha value is -2.70. The van der Waals surface area contributed by atoms with Crippen molar-refractivity contribution in [3.05, 3.63) is 82.3 Å². The van der Waals surface area contributed by atoms with Gasteiger partial charge in [-0.3, -0.25) is 4.79 Å². The Balaban J connectivity index is 1.64. The van der Waals surface area contributed by atoms with Crippen molar-refractivity contribution in [2.24, 2.45) is 0 Å². The third-order valence-corrected chi connectivity index (χ3v) is 6.57. The molecule has 4 nitrogen and oxygen atoms in total. The fraction of sp³-hybridized carbons (Fsp3) is 0.160. The zero-order chi connectivity index (χ0) is 21.8. The standard InChI is InChI=1S/C25H22BrN3OS/c1-3-17-10-7-11-19-23(17)28-24(18-8-5-4-6-9-18)29-25(19)31-15-22(30)27-21-13-12-16(2)14-20(21)26/h4-14H,3,15H2,1-2H3,(H,27,30). The fourth-order valence-electron chi connectivity index (χ4n) is 3.34. The Bertz CT molecular complexity index is 1240. The number of nitrogens with one attached hydrogen (secondary N) is 1. The Morgan fingerprint density at radius 2 is 1.84 bits per heavy atom. The van der Waals surface area contributed by atoms with E-state index in [1.165, 1.54) is 17.3 Å². The first kappa shape index (κ1) is 21.5. The van der Waals surface area contributed by atoms with Crippen LogP contribution in [0.15, 0.2) is 76.2 Å². The first-order chi connectivity index (χ1) is 15.0. The van der Waals surface area contributed by atoms with Crippen molar-refractivity contribution in [1.82, 2.24) is 9.97 Å². The molecule has 0 aliphatic carbocycles. The van der Waals surface area contributed by atoms with Crippen LogP contribution >= 0.6 is 27.7 Å². The molecule has 0 aliphatic rings. The average molecular weight is 492 g/mol. The van der Waals surface area contributed by atoms with Crippen molar-refractivity contribution >= 4 is 50.2 Å². The van der Waals surface area contributed by atoms with Crippen LogP contribution in [0.5, 0.6) is 0 Å². The number of aromatic nitrogens is 2. The molecule has 31 heavy (non-hydrogen) atoms. The number of rotatable bonds is 6. The van der Waals surface area contributed by atoms with E-state index in [2.05, 4.69) is 34.2 Å². The highest BCUT2D eigenvalue weighted by molar-refractivity contribution is 9.10. The Morgan fingerprint density at radius 1 is 1.03 bits per heavy atom. The Kier molecular flexibility index (Phi) is 6.68. The van der Waals surface area contributed by atoms with E-state index in [1.807, 2.05) is 67.6 Å². The summed E-state index contributed by atoms with van der Waals surface area (Å²) in [6, 6.07) is 22.0. The molecule has 0 bridgehead atoms. The zero-order valence-corrected chi connectivity index (χ0v) is 19.8. The first-order valence-electron chi connectivity index (χ1n) is 10.1. The number of hydrogen-bond acceptors (Lipinski definition) is 4. The molecule has 6 heteroatoms. The summed E-state index contributed by atoms with van der Waals surface area (Å²) < 4.78 is 0.872. The molecule has 1 amide bonds. The van der Waals surface area contributed by atoms with Crippen molar-refractivity contribution in [3.8, 4) is 11.4 Å². The number of thioether (sulfide) groups is 1. The molecule has 1 heterocycles. The van der Waals surface area contributed by atoms with Gasteiger partial charge in [-0.05, 0) is 52.5 Å². The van der Waals surface area contributed by atoms with Crippen LogP contribution in [0.4, 0.5) is 5.69 Å². The highest BCUT2D eigenvalue weighted by Gasteiger charge is 2.14. The van der Waals surface area contributed by atoms with Gasteiger partial charge >= 0.3 is 0 Å². The minimum Gasteiger partial charge on any atom is -0.324 e. The summed E-state index contributed by atoms with van der Waals surface area (Å²) in [5, 5.41) is 4.77. The monoisotopic (exact) mass is 491 g/mol. The van der Waals surface area contributed by atoms with E-state index in [-0.39, 0.29) is 11.7 Å². The molecule has 0 spiro atoms. The van der Waals surface area contributed by atoms with E-state index in [0.717, 1.165) is 43.6 Å². The lowest BCUT2D eigenvalue weighted by Gasteiger charge is -2.12. The zero-order valence-electron chi connectivity index (χ0n) is 17.4. The number of nitrogens with zero attached hydrogens (tertiary/aromatic N) is 2. The molecule has 0 unspecified atom stereocenters. The number of para-hydroxylation sites is 1. The summed E-state index contributed by atoms with van der Waals surface area (Å²) >= 11 is 4.95. The van der Waals surface area contributed by atoms with Crippen molar-refractivity contribution < 1.29 is 4.79 Å². The lowest BCUT2D eigenvalue weighted by molar-refractivity contribution is -0.113. The second kappa shape index (κ2) is 9.62. The van der Waals surface area contributed by atoms with Crippen LogP contribution in [0.3, 0.4) is 0 Å². The molecule has 1 aromatic heterocycles. The lowest BCUT2D eigenvalue weighted by Crippen LogP contribution is -2.14. The molecular weight excluding hydrogens is 470 g/mol. The van der Waals surface area contributed by atoms with Crippen molar-refractivity contribution in [2.75, 3.05) is 11.1 Å². The number of fused-ring (bicyclic) bond motifs is 1. The predicted octanol–water partition coefficient (Wildman–Crippen LogP) is 6.66. The smallest absolute Gasteiger partial charge is 0.234 e. The largest absolute Gasteiger partial charge is 0.324 e. The van der Waals surface area contributed by atoms with Gasteiger partial charge in [0.2, 0.25) is 5.91 Å². The summed E-state index contributed by atoms with van der Waals surface area (Å²) in [7, 11) is 0. The van der Waals surface area contributed by atoms with Gasteiger partial charge in [-0.1, -0.05) is 73.3 Å². The van der Waals surface area contributed by atoms with E-state index < -0.39 is 0 Å². The number of carbonyl (C=O) groups is 1. The summed E-state index contributed by atoms with van der Waals surface area (Å²) in [5.74, 6) is 0.865. The minimum absolute atomic E-state index is 0.0748. The second-order valence-electron chi connectivity index (χ2n) is 7.21. The van der Waals surface area contributed by atoms with E-state index in [0.29, 0.717) is 5.82 Å². The van der Waals surface area contributed by atoms with E-state index >= 15 is 0 Å². The van der Waals surface area contributed by atoms with Crippen LogP contribution in [-0.4, -0.2) is 21.6 Å². The lowest BCUT2D eigenvalue weighted by atomic mass is 10.1.